The molecule has 0 radical (unpaired) electrons. The van der Waals surface area contributed by atoms with Gasteiger partial charge in [0.2, 0.25) is 11.8 Å². The molecule has 0 bridgehead atoms. The minimum absolute atomic E-state index is 0.0367. The van der Waals surface area contributed by atoms with Crippen LogP contribution in [0.25, 0.3) is 0 Å². The van der Waals surface area contributed by atoms with Crippen LogP contribution in [-0.2, 0) is 9.59 Å². The number of hydrogen-bond acceptors (Lipinski definition) is 5. The summed E-state index contributed by atoms with van der Waals surface area (Å²) in [5.41, 5.74) is 0.981. The Morgan fingerprint density at radius 2 is 1.93 bits per heavy atom. The molecule has 150 valence electrons. The van der Waals surface area contributed by atoms with Gasteiger partial charge in [0.1, 0.15) is 11.9 Å². The van der Waals surface area contributed by atoms with Gasteiger partial charge in [0, 0.05) is 25.1 Å². The summed E-state index contributed by atoms with van der Waals surface area (Å²) in [6, 6.07) is 12.4. The number of hydrogen-bond donors (Lipinski definition) is 2. The molecule has 0 aliphatic carbocycles. The number of nitriles is 1. The van der Waals surface area contributed by atoms with Gasteiger partial charge in [-0.2, -0.15) is 5.26 Å². The lowest BCUT2D eigenvalue weighted by Crippen LogP contribution is -2.39. The van der Waals surface area contributed by atoms with E-state index in [1.165, 1.54) is 6.20 Å². The van der Waals surface area contributed by atoms with E-state index in [1.807, 2.05) is 0 Å². The number of carbonyl (C=O) groups is 2. The normalized spacial score (nSPS) is 14.8. The molecule has 2 heterocycles. The van der Waals surface area contributed by atoms with Crippen molar-refractivity contribution in [1.82, 2.24) is 9.88 Å². The van der Waals surface area contributed by atoms with Gasteiger partial charge in [0.05, 0.1) is 16.3 Å². The summed E-state index contributed by atoms with van der Waals surface area (Å²) in [5.74, 6) is 0.267. The molecule has 0 spiro atoms. The van der Waals surface area contributed by atoms with Gasteiger partial charge in [-0.15, -0.1) is 0 Å². The summed E-state index contributed by atoms with van der Waals surface area (Å²) in [6.45, 7) is 2.13. The van der Waals surface area contributed by atoms with Gasteiger partial charge in [0.15, 0.2) is 0 Å². The number of aromatic nitrogens is 1. The second kappa shape index (κ2) is 10.0. The number of para-hydroxylation sites is 1. The molecular weight excluding hydrogens is 390 g/mol. The maximum atomic E-state index is 12.4. The van der Waals surface area contributed by atoms with Crippen LogP contribution in [0.2, 0.25) is 5.02 Å². The summed E-state index contributed by atoms with van der Waals surface area (Å²) in [4.78, 5) is 30.9. The Bertz CT molecular complexity index is 902. The zero-order valence-electron chi connectivity index (χ0n) is 15.9. The molecule has 8 heteroatoms. The van der Waals surface area contributed by atoms with Gasteiger partial charge in [-0.05, 0) is 50.2 Å². The van der Waals surface area contributed by atoms with E-state index in [0.29, 0.717) is 35.1 Å². The van der Waals surface area contributed by atoms with E-state index < -0.39 is 0 Å². The molecule has 0 atom stereocenters. The van der Waals surface area contributed by atoms with Crippen molar-refractivity contribution < 1.29 is 9.59 Å². The molecule has 1 aliphatic heterocycles. The van der Waals surface area contributed by atoms with E-state index in [2.05, 4.69) is 26.6 Å². The number of pyridine rings is 1. The highest BCUT2D eigenvalue weighted by atomic mass is 35.5. The fourth-order valence-electron chi connectivity index (χ4n) is 3.26. The summed E-state index contributed by atoms with van der Waals surface area (Å²) in [7, 11) is 0. The second-order valence-corrected chi connectivity index (χ2v) is 7.36. The largest absolute Gasteiger partial charge is 0.325 e. The molecule has 29 heavy (non-hydrogen) atoms. The molecule has 1 fully saturated rings. The Balaban J connectivity index is 1.40. The van der Waals surface area contributed by atoms with Crippen LogP contribution in [0.4, 0.5) is 11.5 Å². The smallest absolute Gasteiger partial charge is 0.228 e. The first kappa shape index (κ1) is 20.8. The maximum Gasteiger partial charge on any atom is 0.228 e. The number of carbonyl (C=O) groups excluding carboxylic acids is 2. The summed E-state index contributed by atoms with van der Waals surface area (Å²) in [5, 5.41) is 15.2. The molecule has 2 amide bonds. The summed E-state index contributed by atoms with van der Waals surface area (Å²) >= 11 is 5.80. The fraction of sp³-hybridized carbons (Fsp3) is 0.333. The third kappa shape index (κ3) is 6.01. The molecule has 2 N–H and O–H groups in total. The molecular formula is C21H22ClN5O2. The highest BCUT2D eigenvalue weighted by Crippen LogP contribution is 2.20. The summed E-state index contributed by atoms with van der Waals surface area (Å²) in [6.07, 6.45) is 3.31. The number of nitrogens with one attached hydrogen (secondary N) is 2. The number of halogens is 1. The van der Waals surface area contributed by atoms with Crippen LogP contribution in [-0.4, -0.2) is 41.3 Å². The van der Waals surface area contributed by atoms with E-state index >= 15 is 0 Å². The van der Waals surface area contributed by atoms with Crippen LogP contribution in [0.5, 0.6) is 0 Å². The number of piperidine rings is 1. The van der Waals surface area contributed by atoms with Crippen LogP contribution in [0.15, 0.2) is 42.6 Å². The molecule has 3 rings (SSSR count). The van der Waals surface area contributed by atoms with Gasteiger partial charge in [-0.3, -0.25) is 9.59 Å². The molecule has 0 saturated carbocycles. The first-order chi connectivity index (χ1) is 14.0. The van der Waals surface area contributed by atoms with Crippen LogP contribution in [0.3, 0.4) is 0 Å². The number of nitrogens with zero attached hydrogens (tertiary/aromatic N) is 3. The van der Waals surface area contributed by atoms with Gasteiger partial charge in [0.25, 0.3) is 0 Å². The number of amides is 2. The lowest BCUT2D eigenvalue weighted by atomic mass is 9.96. The Hall–Kier alpha value is -2.95. The topological polar surface area (TPSA) is 98.1 Å². The number of anilines is 2. The van der Waals surface area contributed by atoms with Gasteiger partial charge in [-0.25, -0.2) is 4.98 Å². The average Bonchev–Trinajstić information content (AvgIpc) is 2.74. The monoisotopic (exact) mass is 411 g/mol. The Kier molecular flexibility index (Phi) is 7.17. The first-order valence-electron chi connectivity index (χ1n) is 9.49. The van der Waals surface area contributed by atoms with E-state index in [1.54, 1.807) is 36.4 Å². The van der Waals surface area contributed by atoms with E-state index in [0.717, 1.165) is 25.9 Å². The Morgan fingerprint density at radius 1 is 1.17 bits per heavy atom. The van der Waals surface area contributed by atoms with Crippen molar-refractivity contribution in [3.63, 3.8) is 0 Å². The molecule has 0 unspecified atom stereocenters. The standard InChI is InChI=1S/C21H22ClN5O2/c22-17-5-6-19(24-14-17)26-21(29)15-7-10-27(11-8-15)12-9-20(28)25-18-4-2-1-3-16(18)13-23/h1-6,14-15H,7-12H2,(H,25,28)(H,24,26,29). The summed E-state index contributed by atoms with van der Waals surface area (Å²) < 4.78 is 0. The predicted octanol–water partition coefficient (Wildman–Crippen LogP) is 3.29. The van der Waals surface area contributed by atoms with E-state index in [4.69, 9.17) is 16.9 Å². The predicted molar refractivity (Wildman–Crippen MR) is 111 cm³/mol. The quantitative estimate of drug-likeness (QED) is 0.760. The van der Waals surface area contributed by atoms with E-state index in [-0.39, 0.29) is 17.7 Å². The van der Waals surface area contributed by atoms with Crippen molar-refractivity contribution in [2.45, 2.75) is 19.3 Å². The van der Waals surface area contributed by atoms with Crippen molar-refractivity contribution in [1.29, 1.82) is 5.26 Å². The third-order valence-electron chi connectivity index (χ3n) is 4.91. The highest BCUT2D eigenvalue weighted by Gasteiger charge is 2.25. The minimum atomic E-state index is -0.124. The number of benzene rings is 1. The van der Waals surface area contributed by atoms with Gasteiger partial charge >= 0.3 is 0 Å². The van der Waals surface area contributed by atoms with Crippen molar-refractivity contribution in [3.8, 4) is 6.07 Å². The van der Waals surface area contributed by atoms with E-state index in [9.17, 15) is 9.59 Å². The zero-order chi connectivity index (χ0) is 20.6. The molecule has 7 nitrogen and oxygen atoms in total. The third-order valence-corrected chi connectivity index (χ3v) is 5.14. The molecule has 1 aliphatic rings. The van der Waals surface area contributed by atoms with Crippen molar-refractivity contribution in [2.75, 3.05) is 30.3 Å². The van der Waals surface area contributed by atoms with Crippen molar-refractivity contribution in [3.05, 3.63) is 53.2 Å². The highest BCUT2D eigenvalue weighted by molar-refractivity contribution is 6.30. The molecule has 1 aromatic carbocycles. The van der Waals surface area contributed by atoms with Crippen LogP contribution >= 0.6 is 11.6 Å². The lowest BCUT2D eigenvalue weighted by molar-refractivity contribution is -0.121. The number of likely N-dealkylation sites (tertiary alicyclic amines) is 1. The fourth-order valence-corrected chi connectivity index (χ4v) is 3.37. The second-order valence-electron chi connectivity index (χ2n) is 6.92. The van der Waals surface area contributed by atoms with Crippen LogP contribution in [0, 0.1) is 17.2 Å². The average molecular weight is 412 g/mol. The maximum absolute atomic E-state index is 12.4. The number of rotatable bonds is 6. The Morgan fingerprint density at radius 3 is 2.62 bits per heavy atom. The van der Waals surface area contributed by atoms with Crippen molar-refractivity contribution in [2.24, 2.45) is 5.92 Å². The molecule has 2 aromatic rings. The van der Waals surface area contributed by atoms with Crippen LogP contribution in [0.1, 0.15) is 24.8 Å². The lowest BCUT2D eigenvalue weighted by Gasteiger charge is -2.31. The molecule has 1 aromatic heterocycles. The molecule has 1 saturated heterocycles. The Labute approximate surface area is 174 Å². The van der Waals surface area contributed by atoms with Gasteiger partial charge < -0.3 is 15.5 Å². The zero-order valence-corrected chi connectivity index (χ0v) is 16.7. The van der Waals surface area contributed by atoms with Crippen LogP contribution < -0.4 is 10.6 Å². The first-order valence-corrected chi connectivity index (χ1v) is 9.86. The minimum Gasteiger partial charge on any atom is -0.325 e. The van der Waals surface area contributed by atoms with Crippen molar-refractivity contribution >= 4 is 34.9 Å². The SMILES string of the molecule is N#Cc1ccccc1NC(=O)CCN1CCC(C(=O)Nc2ccc(Cl)cn2)CC1. The van der Waals surface area contributed by atoms with Gasteiger partial charge in [-0.1, -0.05) is 23.7 Å².